The summed E-state index contributed by atoms with van der Waals surface area (Å²) in [5, 5.41) is 20.0. The predicted molar refractivity (Wildman–Crippen MR) is 140 cm³/mol. The molecular weight excluding hydrogens is 475 g/mol. The van der Waals surface area contributed by atoms with Gasteiger partial charge in [0.1, 0.15) is 16.8 Å². The van der Waals surface area contributed by atoms with Crippen molar-refractivity contribution in [1.82, 2.24) is 4.98 Å². The van der Waals surface area contributed by atoms with Crippen molar-refractivity contribution in [2.75, 3.05) is 10.7 Å². The molecule has 1 saturated heterocycles. The number of aliphatic hydroxyl groups is 1. The number of carbonyl (C=O) groups excluding carboxylic acids is 1. The van der Waals surface area contributed by atoms with Gasteiger partial charge in [0, 0.05) is 29.4 Å². The van der Waals surface area contributed by atoms with Gasteiger partial charge in [-0.3, -0.25) is 9.78 Å². The lowest BCUT2D eigenvalue weighted by Gasteiger charge is -2.47. The SMILES string of the molecule is Cc1cc(N2C(=O)[C@H](SC[C@H](O)c3ccc(F)cc3)[C@H]2c2ccc(O)cc2)ccc1-c1cccnc1. The fourth-order valence-corrected chi connectivity index (χ4v) is 5.83. The van der Waals surface area contributed by atoms with Crippen LogP contribution in [0.2, 0.25) is 0 Å². The highest BCUT2D eigenvalue weighted by Gasteiger charge is 2.49. The van der Waals surface area contributed by atoms with Crippen molar-refractivity contribution in [3.8, 4) is 16.9 Å². The number of amides is 1. The van der Waals surface area contributed by atoms with Crippen molar-refractivity contribution in [3.05, 3.63) is 114 Å². The first-order valence-corrected chi connectivity index (χ1v) is 12.7. The van der Waals surface area contributed by atoms with Gasteiger partial charge in [-0.2, -0.15) is 0 Å². The van der Waals surface area contributed by atoms with E-state index in [-0.39, 0.29) is 23.5 Å². The number of benzene rings is 3. The number of nitrogens with zero attached hydrogens (tertiary/aromatic N) is 2. The van der Waals surface area contributed by atoms with Crippen molar-refractivity contribution in [3.63, 3.8) is 0 Å². The van der Waals surface area contributed by atoms with E-state index in [1.165, 1.54) is 23.9 Å². The monoisotopic (exact) mass is 500 g/mol. The number of aliphatic hydroxyl groups excluding tert-OH is 1. The van der Waals surface area contributed by atoms with Gasteiger partial charge >= 0.3 is 0 Å². The van der Waals surface area contributed by atoms with Crippen molar-refractivity contribution in [2.24, 2.45) is 0 Å². The molecular formula is C29H25FN2O3S. The first kappa shape index (κ1) is 24.0. The molecule has 1 aliphatic heterocycles. The molecule has 3 atom stereocenters. The van der Waals surface area contributed by atoms with E-state index < -0.39 is 11.4 Å². The van der Waals surface area contributed by atoms with Gasteiger partial charge in [-0.1, -0.05) is 36.4 Å². The number of hydrogen-bond acceptors (Lipinski definition) is 5. The van der Waals surface area contributed by atoms with E-state index in [1.807, 2.05) is 55.6 Å². The minimum Gasteiger partial charge on any atom is -0.508 e. The molecule has 182 valence electrons. The van der Waals surface area contributed by atoms with Gasteiger partial charge in [-0.25, -0.2) is 4.39 Å². The van der Waals surface area contributed by atoms with Crippen LogP contribution in [0.4, 0.5) is 10.1 Å². The molecule has 0 radical (unpaired) electrons. The summed E-state index contributed by atoms with van der Waals surface area (Å²) in [6.07, 6.45) is 2.73. The van der Waals surface area contributed by atoms with Crippen LogP contribution >= 0.6 is 11.8 Å². The Kier molecular flexibility index (Phi) is 6.76. The summed E-state index contributed by atoms with van der Waals surface area (Å²) in [6.45, 7) is 2.01. The van der Waals surface area contributed by atoms with Crippen LogP contribution in [0, 0.1) is 12.7 Å². The summed E-state index contributed by atoms with van der Waals surface area (Å²) < 4.78 is 13.2. The molecule has 3 aromatic carbocycles. The van der Waals surface area contributed by atoms with Crippen molar-refractivity contribution in [2.45, 2.75) is 24.3 Å². The third-order valence-electron chi connectivity index (χ3n) is 6.43. The maximum absolute atomic E-state index is 13.4. The molecule has 1 aliphatic rings. The second-order valence-corrected chi connectivity index (χ2v) is 9.98. The molecule has 1 aromatic heterocycles. The lowest BCUT2D eigenvalue weighted by molar-refractivity contribution is -0.123. The Morgan fingerprint density at radius 1 is 1.06 bits per heavy atom. The van der Waals surface area contributed by atoms with Crippen LogP contribution in [0.5, 0.6) is 5.75 Å². The first-order valence-electron chi connectivity index (χ1n) is 11.6. The summed E-state index contributed by atoms with van der Waals surface area (Å²) in [7, 11) is 0. The van der Waals surface area contributed by atoms with E-state index in [0.29, 0.717) is 11.3 Å². The molecule has 0 unspecified atom stereocenters. The summed E-state index contributed by atoms with van der Waals surface area (Å²) in [4.78, 5) is 19.4. The number of phenolic OH excluding ortho intramolecular Hbond substituents is 1. The maximum Gasteiger partial charge on any atom is 0.243 e. The molecule has 1 amide bonds. The molecule has 0 bridgehead atoms. The van der Waals surface area contributed by atoms with Gasteiger partial charge < -0.3 is 15.1 Å². The smallest absolute Gasteiger partial charge is 0.243 e. The van der Waals surface area contributed by atoms with Gasteiger partial charge in [0.25, 0.3) is 0 Å². The molecule has 0 spiro atoms. The molecule has 2 heterocycles. The highest BCUT2D eigenvalue weighted by molar-refractivity contribution is 8.00. The molecule has 1 fully saturated rings. The fourth-order valence-electron chi connectivity index (χ4n) is 4.53. The number of aromatic nitrogens is 1. The van der Waals surface area contributed by atoms with E-state index in [2.05, 4.69) is 4.98 Å². The zero-order valence-corrected chi connectivity index (χ0v) is 20.4. The standard InChI is InChI=1S/C29H25FN2O3S/c1-18-15-23(10-13-25(18)21-3-2-14-31-16-21)32-27(20-6-11-24(33)12-7-20)28(29(32)35)36-17-26(34)19-4-8-22(30)9-5-19/h2-16,26-28,33-34H,17H2,1H3/t26-,27+,28+/m0/s1. The Bertz CT molecular complexity index is 1360. The van der Waals surface area contributed by atoms with Crippen LogP contribution in [0.3, 0.4) is 0 Å². The first-order chi connectivity index (χ1) is 17.4. The quantitative estimate of drug-likeness (QED) is 0.313. The summed E-state index contributed by atoms with van der Waals surface area (Å²) in [6, 6.07) is 22.2. The zero-order chi connectivity index (χ0) is 25.2. The fraction of sp³-hybridized carbons (Fsp3) is 0.172. The number of rotatable bonds is 7. The molecule has 0 aliphatic carbocycles. The number of pyridine rings is 1. The molecule has 0 saturated carbocycles. The van der Waals surface area contributed by atoms with Crippen LogP contribution in [0.25, 0.3) is 11.1 Å². The second kappa shape index (κ2) is 10.1. The van der Waals surface area contributed by atoms with E-state index in [1.54, 1.807) is 35.4 Å². The number of phenols is 1. The molecule has 7 heteroatoms. The number of aromatic hydroxyl groups is 1. The minimum absolute atomic E-state index is 0.0436. The Labute approximate surface area is 213 Å². The normalized spacial score (nSPS) is 18.1. The average molecular weight is 501 g/mol. The Morgan fingerprint density at radius 2 is 1.81 bits per heavy atom. The average Bonchev–Trinajstić information content (AvgIpc) is 2.89. The topological polar surface area (TPSA) is 73.7 Å². The Balaban J connectivity index is 1.40. The number of thioether (sulfide) groups is 1. The second-order valence-electron chi connectivity index (χ2n) is 8.81. The molecule has 5 rings (SSSR count). The van der Waals surface area contributed by atoms with E-state index in [9.17, 15) is 19.4 Å². The van der Waals surface area contributed by atoms with Crippen LogP contribution in [-0.4, -0.2) is 32.1 Å². The van der Waals surface area contributed by atoms with Gasteiger partial charge in [-0.05, 0) is 71.6 Å². The van der Waals surface area contributed by atoms with E-state index >= 15 is 0 Å². The predicted octanol–water partition coefficient (Wildman–Crippen LogP) is 5.83. The molecule has 2 N–H and O–H groups in total. The van der Waals surface area contributed by atoms with Gasteiger partial charge in [0.15, 0.2) is 0 Å². The van der Waals surface area contributed by atoms with Crippen molar-refractivity contribution >= 4 is 23.4 Å². The van der Waals surface area contributed by atoms with Gasteiger partial charge in [-0.15, -0.1) is 11.8 Å². The van der Waals surface area contributed by atoms with Crippen molar-refractivity contribution < 1.29 is 19.4 Å². The largest absolute Gasteiger partial charge is 0.508 e. The molecule has 4 aromatic rings. The highest BCUT2D eigenvalue weighted by atomic mass is 32.2. The number of hydrogen-bond donors (Lipinski definition) is 2. The lowest BCUT2D eigenvalue weighted by atomic mass is 9.91. The number of β-lactam (4-membered cyclic amide) rings is 1. The molecule has 36 heavy (non-hydrogen) atoms. The number of halogens is 1. The van der Waals surface area contributed by atoms with Crippen LogP contribution < -0.4 is 4.90 Å². The van der Waals surface area contributed by atoms with Gasteiger partial charge in [0.2, 0.25) is 5.91 Å². The Morgan fingerprint density at radius 3 is 2.47 bits per heavy atom. The summed E-state index contributed by atoms with van der Waals surface area (Å²) >= 11 is 1.38. The minimum atomic E-state index is -0.820. The number of carbonyl (C=O) groups is 1. The van der Waals surface area contributed by atoms with E-state index in [0.717, 1.165) is 27.9 Å². The third-order valence-corrected chi connectivity index (χ3v) is 7.76. The van der Waals surface area contributed by atoms with Gasteiger partial charge in [0.05, 0.1) is 12.1 Å². The number of aryl methyl sites for hydroxylation is 1. The Hall–Kier alpha value is -3.68. The lowest BCUT2D eigenvalue weighted by Crippen LogP contribution is -2.57. The van der Waals surface area contributed by atoms with Crippen molar-refractivity contribution in [1.29, 1.82) is 0 Å². The van der Waals surface area contributed by atoms with E-state index in [4.69, 9.17) is 0 Å². The highest BCUT2D eigenvalue weighted by Crippen LogP contribution is 2.46. The van der Waals surface area contributed by atoms with Crippen LogP contribution in [-0.2, 0) is 4.79 Å². The van der Waals surface area contributed by atoms with Crippen LogP contribution in [0.1, 0.15) is 28.8 Å². The molecule has 5 nitrogen and oxygen atoms in total. The zero-order valence-electron chi connectivity index (χ0n) is 19.6. The van der Waals surface area contributed by atoms with Crippen LogP contribution in [0.15, 0.2) is 91.3 Å². The summed E-state index contributed by atoms with van der Waals surface area (Å²) in [5.74, 6) is 0.0470. The number of anilines is 1. The summed E-state index contributed by atoms with van der Waals surface area (Å²) in [5.41, 5.74) is 5.38. The maximum atomic E-state index is 13.4. The third kappa shape index (κ3) is 4.72.